The fourth-order valence-electron chi connectivity index (χ4n) is 5.14. The predicted octanol–water partition coefficient (Wildman–Crippen LogP) is 6.72. The molecule has 6 rings (SSSR count). The Hall–Kier alpha value is -3.98. The Balaban J connectivity index is 1.50. The molecule has 0 bridgehead atoms. The Morgan fingerprint density at radius 2 is 1.09 bits per heavy atom. The summed E-state index contributed by atoms with van der Waals surface area (Å²) in [6.45, 7) is 2.84. The molecule has 33 heavy (non-hydrogen) atoms. The van der Waals surface area contributed by atoms with Crippen molar-refractivity contribution in [2.45, 2.75) is 12.7 Å². The Morgan fingerprint density at radius 3 is 1.70 bits per heavy atom. The lowest BCUT2D eigenvalue weighted by Crippen LogP contribution is -2.30. The summed E-state index contributed by atoms with van der Waals surface area (Å²) in [4.78, 5) is 5.09. The molecule has 4 aromatic carbocycles. The van der Waals surface area contributed by atoms with Gasteiger partial charge in [-0.25, -0.2) is 0 Å². The number of para-hydroxylation sites is 3. The first-order valence-corrected chi connectivity index (χ1v) is 11.6. The van der Waals surface area contributed by atoms with Gasteiger partial charge in [0.05, 0.1) is 0 Å². The van der Waals surface area contributed by atoms with Gasteiger partial charge in [0.1, 0.15) is 6.17 Å². The van der Waals surface area contributed by atoms with Gasteiger partial charge in [0.15, 0.2) is 0 Å². The minimum Gasteiger partial charge on any atom is -0.345 e. The first-order chi connectivity index (χ1) is 16.4. The van der Waals surface area contributed by atoms with Crippen molar-refractivity contribution in [1.29, 1.82) is 0 Å². The maximum absolute atomic E-state index is 2.54. The molecule has 0 atom stereocenters. The predicted molar refractivity (Wildman–Crippen MR) is 138 cm³/mol. The molecule has 1 fully saturated rings. The van der Waals surface area contributed by atoms with Gasteiger partial charge in [-0.1, -0.05) is 84.9 Å². The van der Waals surface area contributed by atoms with Crippen molar-refractivity contribution < 1.29 is 0 Å². The molecule has 3 nitrogen and oxygen atoms in total. The Kier molecular flexibility index (Phi) is 5.08. The third-order valence-electron chi connectivity index (χ3n) is 6.64. The molecule has 0 aliphatic carbocycles. The van der Waals surface area contributed by atoms with Crippen LogP contribution in [0.3, 0.4) is 0 Å². The van der Waals surface area contributed by atoms with Gasteiger partial charge < -0.3 is 14.4 Å². The van der Waals surface area contributed by atoms with E-state index in [2.05, 4.69) is 136 Å². The zero-order chi connectivity index (χ0) is 22.0. The lowest BCUT2D eigenvalue weighted by atomic mass is 10.1. The van der Waals surface area contributed by atoms with Crippen molar-refractivity contribution in [3.05, 3.63) is 133 Å². The maximum Gasteiger partial charge on any atom is 0.130 e. The second-order valence-corrected chi connectivity index (χ2v) is 8.65. The third-order valence-corrected chi connectivity index (χ3v) is 6.64. The van der Waals surface area contributed by atoms with Gasteiger partial charge in [-0.3, -0.25) is 0 Å². The summed E-state index contributed by atoms with van der Waals surface area (Å²) in [6, 6.07) is 41.2. The SMILES string of the molecule is c1ccc(Cn2cc(C3N(c4ccccc4)CCN3c3ccccc3)c3ccccc32)cc1. The molecule has 0 unspecified atom stereocenters. The van der Waals surface area contributed by atoms with Crippen LogP contribution in [0.2, 0.25) is 0 Å². The lowest BCUT2D eigenvalue weighted by Gasteiger charge is -2.33. The second kappa shape index (κ2) is 8.51. The van der Waals surface area contributed by atoms with Crippen molar-refractivity contribution in [2.24, 2.45) is 0 Å². The van der Waals surface area contributed by atoms with E-state index in [9.17, 15) is 0 Å². The number of aromatic nitrogens is 1. The molecule has 0 spiro atoms. The number of benzene rings is 4. The van der Waals surface area contributed by atoms with Gasteiger partial charge in [0, 0.05) is 53.7 Å². The molecule has 0 amide bonds. The summed E-state index contributed by atoms with van der Waals surface area (Å²) in [5, 5.41) is 1.32. The number of hydrogen-bond acceptors (Lipinski definition) is 2. The number of hydrogen-bond donors (Lipinski definition) is 0. The minimum absolute atomic E-state index is 0.136. The summed E-state index contributed by atoms with van der Waals surface area (Å²) < 4.78 is 2.41. The van der Waals surface area contributed by atoms with E-state index in [1.165, 1.54) is 33.4 Å². The van der Waals surface area contributed by atoms with Crippen LogP contribution in [0, 0.1) is 0 Å². The van der Waals surface area contributed by atoms with Crippen LogP contribution < -0.4 is 9.80 Å². The fourth-order valence-corrected chi connectivity index (χ4v) is 5.14. The highest BCUT2D eigenvalue weighted by Gasteiger charge is 2.35. The van der Waals surface area contributed by atoms with E-state index in [0.717, 1.165) is 19.6 Å². The standard InChI is InChI=1S/C30H27N3/c1-4-12-24(13-5-1)22-31-23-28(27-18-10-11-19-29(27)31)30-32(25-14-6-2-7-15-25)20-21-33(30)26-16-8-3-9-17-26/h1-19,23,30H,20-22H2. The van der Waals surface area contributed by atoms with Crippen LogP contribution in [0.5, 0.6) is 0 Å². The highest BCUT2D eigenvalue weighted by atomic mass is 15.4. The largest absolute Gasteiger partial charge is 0.345 e. The molecular weight excluding hydrogens is 402 g/mol. The number of anilines is 2. The van der Waals surface area contributed by atoms with Crippen molar-refractivity contribution in [2.75, 3.05) is 22.9 Å². The third kappa shape index (κ3) is 3.66. The fraction of sp³-hybridized carbons (Fsp3) is 0.133. The van der Waals surface area contributed by atoms with Crippen molar-refractivity contribution in [3.63, 3.8) is 0 Å². The van der Waals surface area contributed by atoms with E-state index in [1.54, 1.807) is 0 Å². The molecule has 3 heteroatoms. The molecule has 0 N–H and O–H groups in total. The summed E-state index contributed by atoms with van der Waals surface area (Å²) >= 11 is 0. The number of fused-ring (bicyclic) bond motifs is 1. The Labute approximate surface area is 195 Å². The highest BCUT2D eigenvalue weighted by molar-refractivity contribution is 5.86. The maximum atomic E-state index is 2.54. The average molecular weight is 430 g/mol. The monoisotopic (exact) mass is 429 g/mol. The smallest absolute Gasteiger partial charge is 0.130 e. The van der Waals surface area contributed by atoms with Crippen LogP contribution in [-0.2, 0) is 6.54 Å². The van der Waals surface area contributed by atoms with E-state index >= 15 is 0 Å². The van der Waals surface area contributed by atoms with Crippen LogP contribution in [0.4, 0.5) is 11.4 Å². The highest BCUT2D eigenvalue weighted by Crippen LogP contribution is 2.41. The zero-order valence-corrected chi connectivity index (χ0v) is 18.6. The topological polar surface area (TPSA) is 11.4 Å². The molecule has 5 aromatic rings. The van der Waals surface area contributed by atoms with Crippen molar-refractivity contribution in [3.8, 4) is 0 Å². The van der Waals surface area contributed by atoms with Gasteiger partial charge in [-0.05, 0) is 35.9 Å². The van der Waals surface area contributed by atoms with Gasteiger partial charge in [-0.2, -0.15) is 0 Å². The second-order valence-electron chi connectivity index (χ2n) is 8.65. The normalized spacial score (nSPS) is 14.3. The van der Waals surface area contributed by atoms with Gasteiger partial charge in [0.25, 0.3) is 0 Å². The van der Waals surface area contributed by atoms with E-state index in [0.29, 0.717) is 0 Å². The number of rotatable bonds is 5. The van der Waals surface area contributed by atoms with Crippen LogP contribution in [0.1, 0.15) is 17.3 Å². The molecule has 2 heterocycles. The van der Waals surface area contributed by atoms with E-state index in [-0.39, 0.29) is 6.17 Å². The van der Waals surface area contributed by atoms with Crippen molar-refractivity contribution >= 4 is 22.3 Å². The molecule has 1 aromatic heterocycles. The molecule has 1 saturated heterocycles. The first-order valence-electron chi connectivity index (χ1n) is 11.6. The quantitative estimate of drug-likeness (QED) is 0.307. The molecule has 0 saturated carbocycles. The average Bonchev–Trinajstić information content (AvgIpc) is 3.48. The number of nitrogens with zero attached hydrogens (tertiary/aromatic N) is 3. The lowest BCUT2D eigenvalue weighted by molar-refractivity contribution is 0.714. The van der Waals surface area contributed by atoms with Crippen LogP contribution in [0.15, 0.2) is 121 Å². The molecule has 1 aliphatic rings. The van der Waals surface area contributed by atoms with E-state index in [4.69, 9.17) is 0 Å². The van der Waals surface area contributed by atoms with E-state index in [1.807, 2.05) is 0 Å². The Morgan fingerprint density at radius 1 is 0.576 bits per heavy atom. The van der Waals surface area contributed by atoms with Crippen molar-refractivity contribution in [1.82, 2.24) is 4.57 Å². The molecule has 0 radical (unpaired) electrons. The van der Waals surface area contributed by atoms with Gasteiger partial charge in [-0.15, -0.1) is 0 Å². The molecular formula is C30H27N3. The summed E-state index contributed by atoms with van der Waals surface area (Å²) in [7, 11) is 0. The Bertz CT molecular complexity index is 1300. The summed E-state index contributed by atoms with van der Waals surface area (Å²) in [6.07, 6.45) is 2.51. The molecule has 162 valence electrons. The first kappa shape index (κ1) is 19.7. The minimum atomic E-state index is 0.136. The molecule has 1 aliphatic heterocycles. The van der Waals surface area contributed by atoms with Gasteiger partial charge in [0.2, 0.25) is 0 Å². The van der Waals surface area contributed by atoms with Crippen LogP contribution in [0.25, 0.3) is 10.9 Å². The van der Waals surface area contributed by atoms with E-state index < -0.39 is 0 Å². The zero-order valence-electron chi connectivity index (χ0n) is 18.6. The summed E-state index contributed by atoms with van der Waals surface area (Å²) in [5.74, 6) is 0. The summed E-state index contributed by atoms with van der Waals surface area (Å²) in [5.41, 5.74) is 6.48. The van der Waals surface area contributed by atoms with Crippen LogP contribution >= 0.6 is 0 Å². The van der Waals surface area contributed by atoms with Crippen LogP contribution in [-0.4, -0.2) is 17.7 Å². The van der Waals surface area contributed by atoms with Gasteiger partial charge >= 0.3 is 0 Å².